The molecule has 0 radical (unpaired) electrons. The molecule has 0 aliphatic carbocycles. The van der Waals surface area contributed by atoms with Crippen molar-refractivity contribution in [2.75, 3.05) is 0 Å². The zero-order valence-corrected chi connectivity index (χ0v) is 13.9. The van der Waals surface area contributed by atoms with E-state index in [1.807, 2.05) is 27.7 Å². The van der Waals surface area contributed by atoms with Crippen LogP contribution in [0.1, 0.15) is 40.5 Å². The van der Waals surface area contributed by atoms with Gasteiger partial charge in [0.05, 0.1) is 9.97 Å². The third-order valence-electron chi connectivity index (χ3n) is 2.76. The standard InChI is InChI=1S/C12H22INO2S/c1-8(14-17(15)12(3,4)5)11-7-6-10(13)9(2)16-11/h8,10-11,14H,2,6-7H2,1,3-5H3/t8-,10?,11+,17?/m1/s1. The Bertz CT molecular complexity index is 280. The molecule has 0 spiro atoms. The van der Waals surface area contributed by atoms with Gasteiger partial charge in [-0.05, 0) is 40.5 Å². The van der Waals surface area contributed by atoms with Crippen molar-refractivity contribution in [1.82, 2.24) is 4.72 Å². The van der Waals surface area contributed by atoms with Gasteiger partial charge < -0.3 is 9.29 Å². The molecule has 0 aromatic carbocycles. The Kier molecular flexibility index (Phi) is 5.62. The minimum Gasteiger partial charge on any atom is -0.598 e. The van der Waals surface area contributed by atoms with E-state index in [9.17, 15) is 4.55 Å². The SMILES string of the molecule is C=C1O[C@H]([C@@H](C)N[S+]([O-])C(C)(C)C)CCC1I. The van der Waals surface area contributed by atoms with Crippen LogP contribution in [0.4, 0.5) is 0 Å². The van der Waals surface area contributed by atoms with Crippen molar-refractivity contribution < 1.29 is 9.29 Å². The molecule has 1 aliphatic rings. The third kappa shape index (κ3) is 4.61. The van der Waals surface area contributed by atoms with Crippen molar-refractivity contribution in [2.45, 2.75) is 61.4 Å². The van der Waals surface area contributed by atoms with Crippen LogP contribution in [0.5, 0.6) is 0 Å². The fourth-order valence-corrected chi connectivity index (χ4v) is 2.92. The molecule has 0 aromatic heterocycles. The molecule has 1 fully saturated rings. The van der Waals surface area contributed by atoms with Crippen LogP contribution >= 0.6 is 22.6 Å². The lowest BCUT2D eigenvalue weighted by Gasteiger charge is -2.34. The lowest BCUT2D eigenvalue weighted by molar-refractivity contribution is 0.0595. The van der Waals surface area contributed by atoms with Gasteiger partial charge in [-0.3, -0.25) is 0 Å². The fourth-order valence-electron chi connectivity index (χ4n) is 1.57. The van der Waals surface area contributed by atoms with Crippen molar-refractivity contribution in [2.24, 2.45) is 0 Å². The number of halogens is 1. The molecule has 1 rings (SSSR count). The van der Waals surface area contributed by atoms with E-state index in [0.29, 0.717) is 3.92 Å². The quantitative estimate of drug-likeness (QED) is 0.471. The molecule has 5 heteroatoms. The van der Waals surface area contributed by atoms with E-state index in [0.717, 1.165) is 18.6 Å². The molecule has 1 heterocycles. The monoisotopic (exact) mass is 371 g/mol. The molecular weight excluding hydrogens is 349 g/mol. The molecule has 17 heavy (non-hydrogen) atoms. The van der Waals surface area contributed by atoms with E-state index in [1.165, 1.54) is 0 Å². The molecule has 1 aliphatic heterocycles. The average Bonchev–Trinajstić information content (AvgIpc) is 2.20. The number of rotatable bonds is 3. The van der Waals surface area contributed by atoms with Crippen LogP contribution in [0.15, 0.2) is 12.3 Å². The summed E-state index contributed by atoms with van der Waals surface area (Å²) in [4.78, 5) is 0. The van der Waals surface area contributed by atoms with Crippen LogP contribution in [0.2, 0.25) is 0 Å². The Morgan fingerprint density at radius 3 is 2.59 bits per heavy atom. The topological polar surface area (TPSA) is 44.3 Å². The highest BCUT2D eigenvalue weighted by atomic mass is 127. The smallest absolute Gasteiger partial charge is 0.136 e. The Morgan fingerprint density at radius 1 is 1.53 bits per heavy atom. The molecule has 0 amide bonds. The van der Waals surface area contributed by atoms with Crippen molar-refractivity contribution in [3.8, 4) is 0 Å². The molecular formula is C12H22INO2S. The molecule has 3 nitrogen and oxygen atoms in total. The van der Waals surface area contributed by atoms with Gasteiger partial charge in [0.15, 0.2) is 0 Å². The predicted octanol–water partition coefficient (Wildman–Crippen LogP) is 2.92. The first-order chi connectivity index (χ1) is 7.71. The van der Waals surface area contributed by atoms with Crippen LogP contribution in [0, 0.1) is 0 Å². The van der Waals surface area contributed by atoms with Gasteiger partial charge in [-0.1, -0.05) is 29.2 Å². The largest absolute Gasteiger partial charge is 0.598 e. The van der Waals surface area contributed by atoms with E-state index >= 15 is 0 Å². The first-order valence-corrected chi connectivity index (χ1v) is 8.29. The highest BCUT2D eigenvalue weighted by Gasteiger charge is 2.33. The zero-order valence-electron chi connectivity index (χ0n) is 11.0. The molecule has 0 saturated carbocycles. The third-order valence-corrected chi connectivity index (χ3v) is 5.78. The number of nitrogens with one attached hydrogen (secondary N) is 1. The predicted molar refractivity (Wildman–Crippen MR) is 81.5 cm³/mol. The van der Waals surface area contributed by atoms with Gasteiger partial charge in [-0.15, -0.1) is 4.72 Å². The summed E-state index contributed by atoms with van der Waals surface area (Å²) in [5.41, 5.74) is 0. The molecule has 100 valence electrons. The number of allylic oxidation sites excluding steroid dienone is 1. The summed E-state index contributed by atoms with van der Waals surface area (Å²) in [6.45, 7) is 11.8. The summed E-state index contributed by atoms with van der Waals surface area (Å²) in [5, 5.41) is 0. The summed E-state index contributed by atoms with van der Waals surface area (Å²) < 4.78 is 21.0. The second-order valence-electron chi connectivity index (χ2n) is 5.46. The average molecular weight is 371 g/mol. The van der Waals surface area contributed by atoms with Crippen molar-refractivity contribution in [3.05, 3.63) is 12.3 Å². The summed E-state index contributed by atoms with van der Waals surface area (Å²) in [6, 6.07) is 0.0794. The van der Waals surface area contributed by atoms with Gasteiger partial charge >= 0.3 is 0 Å². The minimum atomic E-state index is -1.05. The zero-order chi connectivity index (χ0) is 13.2. The number of hydrogen-bond donors (Lipinski definition) is 1. The number of hydrogen-bond acceptors (Lipinski definition) is 3. The van der Waals surface area contributed by atoms with E-state index in [1.54, 1.807) is 0 Å². The van der Waals surface area contributed by atoms with Crippen LogP contribution < -0.4 is 4.72 Å². The van der Waals surface area contributed by atoms with Crippen LogP contribution in [0.25, 0.3) is 0 Å². The highest BCUT2D eigenvalue weighted by Crippen LogP contribution is 2.29. The first kappa shape index (κ1) is 15.6. The van der Waals surface area contributed by atoms with Gasteiger partial charge in [-0.2, -0.15) is 0 Å². The minimum absolute atomic E-state index is 0.0794. The maximum absolute atomic E-state index is 12.0. The number of ether oxygens (including phenoxy) is 1. The van der Waals surface area contributed by atoms with Crippen LogP contribution in [-0.4, -0.2) is 25.4 Å². The summed E-state index contributed by atoms with van der Waals surface area (Å²) in [6.07, 6.45) is 2.15. The van der Waals surface area contributed by atoms with Gasteiger partial charge in [0.1, 0.15) is 16.6 Å². The van der Waals surface area contributed by atoms with Crippen LogP contribution in [0.3, 0.4) is 0 Å². The molecule has 2 unspecified atom stereocenters. The summed E-state index contributed by atoms with van der Waals surface area (Å²) in [5.74, 6) is 0.844. The van der Waals surface area contributed by atoms with E-state index < -0.39 is 11.4 Å². The van der Waals surface area contributed by atoms with Crippen molar-refractivity contribution in [1.29, 1.82) is 0 Å². The molecule has 4 atom stereocenters. The molecule has 1 saturated heterocycles. The summed E-state index contributed by atoms with van der Waals surface area (Å²) in [7, 11) is 0. The lowest BCUT2D eigenvalue weighted by atomic mass is 10.0. The van der Waals surface area contributed by atoms with E-state index in [4.69, 9.17) is 4.74 Å². The Balaban J connectivity index is 2.48. The maximum Gasteiger partial charge on any atom is 0.136 e. The van der Waals surface area contributed by atoms with Gasteiger partial charge in [0, 0.05) is 11.4 Å². The lowest BCUT2D eigenvalue weighted by Crippen LogP contribution is -2.49. The first-order valence-electron chi connectivity index (χ1n) is 5.89. The molecule has 0 aromatic rings. The molecule has 0 bridgehead atoms. The normalized spacial score (nSPS) is 29.6. The second kappa shape index (κ2) is 6.12. The highest BCUT2D eigenvalue weighted by molar-refractivity contribution is 14.1. The summed E-state index contributed by atoms with van der Waals surface area (Å²) >= 11 is 1.30. The van der Waals surface area contributed by atoms with Gasteiger partial charge in [0.25, 0.3) is 0 Å². The second-order valence-corrected chi connectivity index (χ2v) is 8.96. The van der Waals surface area contributed by atoms with E-state index in [2.05, 4.69) is 33.9 Å². The van der Waals surface area contributed by atoms with Gasteiger partial charge in [-0.25, -0.2) is 0 Å². The fraction of sp³-hybridized carbons (Fsp3) is 0.833. The van der Waals surface area contributed by atoms with Gasteiger partial charge in [0.2, 0.25) is 0 Å². The Labute approximate surface area is 121 Å². The van der Waals surface area contributed by atoms with E-state index in [-0.39, 0.29) is 16.9 Å². The van der Waals surface area contributed by atoms with Crippen molar-refractivity contribution >= 4 is 34.0 Å². The van der Waals surface area contributed by atoms with Crippen molar-refractivity contribution in [3.63, 3.8) is 0 Å². The van der Waals surface area contributed by atoms with Crippen LogP contribution in [-0.2, 0) is 16.1 Å². The number of alkyl halides is 1. The Morgan fingerprint density at radius 2 is 2.12 bits per heavy atom. The maximum atomic E-state index is 12.0. The Hall–Kier alpha value is 0.540. The molecule has 1 N–H and O–H groups in total.